The average molecular weight is 367 g/mol. The van der Waals surface area contributed by atoms with E-state index in [1.165, 1.54) is 18.4 Å². The van der Waals surface area contributed by atoms with Gasteiger partial charge in [0.1, 0.15) is 0 Å². The Hall–Kier alpha value is -1.30. The molecular formula is C19H31ClN4O. The van der Waals surface area contributed by atoms with Crippen molar-refractivity contribution in [3.63, 3.8) is 0 Å². The number of likely N-dealkylation sites (tertiary alicyclic amines) is 1. The first-order chi connectivity index (χ1) is 12.1. The van der Waals surface area contributed by atoms with Crippen LogP contribution in [0.1, 0.15) is 38.3 Å². The highest BCUT2D eigenvalue weighted by atomic mass is 35.5. The van der Waals surface area contributed by atoms with E-state index in [1.807, 2.05) is 12.1 Å². The van der Waals surface area contributed by atoms with E-state index in [1.54, 1.807) is 7.11 Å². The first-order valence-corrected chi connectivity index (χ1v) is 9.55. The van der Waals surface area contributed by atoms with Gasteiger partial charge in [0.15, 0.2) is 5.96 Å². The van der Waals surface area contributed by atoms with Crippen molar-refractivity contribution < 1.29 is 4.74 Å². The molecule has 6 heteroatoms. The fourth-order valence-corrected chi connectivity index (χ4v) is 3.42. The summed E-state index contributed by atoms with van der Waals surface area (Å²) in [5.41, 5.74) is 1.24. The molecule has 2 rings (SSSR count). The second kappa shape index (κ2) is 10.6. The molecule has 1 saturated heterocycles. The van der Waals surface area contributed by atoms with E-state index in [2.05, 4.69) is 41.5 Å². The first-order valence-electron chi connectivity index (χ1n) is 9.17. The van der Waals surface area contributed by atoms with Gasteiger partial charge in [-0.2, -0.15) is 0 Å². The van der Waals surface area contributed by atoms with Crippen LogP contribution in [0, 0.1) is 0 Å². The fourth-order valence-electron chi connectivity index (χ4n) is 3.22. The van der Waals surface area contributed by atoms with Crippen LogP contribution in [0.3, 0.4) is 0 Å². The van der Waals surface area contributed by atoms with Gasteiger partial charge in [0.05, 0.1) is 19.2 Å². The number of ether oxygens (including phenoxy) is 1. The van der Waals surface area contributed by atoms with Crippen molar-refractivity contribution in [1.29, 1.82) is 0 Å². The van der Waals surface area contributed by atoms with Crippen molar-refractivity contribution in [2.45, 2.75) is 38.8 Å². The van der Waals surface area contributed by atoms with Gasteiger partial charge >= 0.3 is 0 Å². The number of nitrogens with one attached hydrogen (secondary N) is 2. The van der Waals surface area contributed by atoms with E-state index in [0.717, 1.165) is 30.6 Å². The molecule has 1 aromatic rings. The van der Waals surface area contributed by atoms with Crippen LogP contribution in [0.15, 0.2) is 29.3 Å². The summed E-state index contributed by atoms with van der Waals surface area (Å²) >= 11 is 6.22. The molecular weight excluding hydrogens is 336 g/mol. The summed E-state index contributed by atoms with van der Waals surface area (Å²) in [6.07, 6.45) is 2.51. The maximum Gasteiger partial charge on any atom is 0.191 e. The molecule has 0 spiro atoms. The van der Waals surface area contributed by atoms with Gasteiger partial charge in [-0.3, -0.25) is 9.89 Å². The zero-order chi connectivity index (χ0) is 18.1. The van der Waals surface area contributed by atoms with Gasteiger partial charge in [0.25, 0.3) is 0 Å². The molecule has 25 heavy (non-hydrogen) atoms. The van der Waals surface area contributed by atoms with Gasteiger partial charge in [0.2, 0.25) is 0 Å². The number of aliphatic imine (C=N–C) groups is 1. The number of rotatable bonds is 8. The van der Waals surface area contributed by atoms with E-state index in [0.29, 0.717) is 13.2 Å². The number of guanidine groups is 1. The Morgan fingerprint density at radius 3 is 2.76 bits per heavy atom. The Kier molecular flexibility index (Phi) is 8.52. The molecule has 2 N–H and O–H groups in total. The van der Waals surface area contributed by atoms with E-state index in [4.69, 9.17) is 21.3 Å². The minimum Gasteiger partial charge on any atom is -0.383 e. The lowest BCUT2D eigenvalue weighted by atomic mass is 10.1. The average Bonchev–Trinajstić information content (AvgIpc) is 3.10. The minimum absolute atomic E-state index is 0.208. The number of hydrogen-bond donors (Lipinski definition) is 2. The molecule has 5 nitrogen and oxygen atoms in total. The number of halogens is 1. The molecule has 1 aliphatic heterocycles. The summed E-state index contributed by atoms with van der Waals surface area (Å²) in [4.78, 5) is 7.35. The zero-order valence-electron chi connectivity index (χ0n) is 15.6. The van der Waals surface area contributed by atoms with Gasteiger partial charge in [-0.05, 0) is 57.5 Å². The lowest BCUT2D eigenvalue weighted by Gasteiger charge is -2.27. The molecule has 1 fully saturated rings. The third kappa shape index (κ3) is 6.49. The molecule has 1 aromatic carbocycles. The maximum atomic E-state index is 6.22. The third-order valence-corrected chi connectivity index (χ3v) is 4.62. The molecule has 2 atom stereocenters. The van der Waals surface area contributed by atoms with Crippen molar-refractivity contribution in [1.82, 2.24) is 15.5 Å². The summed E-state index contributed by atoms with van der Waals surface area (Å²) < 4.78 is 5.20. The Labute approximate surface area is 156 Å². The maximum absolute atomic E-state index is 6.22. The topological polar surface area (TPSA) is 48.9 Å². The van der Waals surface area contributed by atoms with Crippen molar-refractivity contribution in [2.75, 3.05) is 39.9 Å². The minimum atomic E-state index is 0.208. The highest BCUT2D eigenvalue weighted by Crippen LogP contribution is 2.27. The highest BCUT2D eigenvalue weighted by Gasteiger charge is 2.23. The highest BCUT2D eigenvalue weighted by molar-refractivity contribution is 6.30. The van der Waals surface area contributed by atoms with Crippen molar-refractivity contribution in [3.05, 3.63) is 34.9 Å². The molecule has 0 bridgehead atoms. The molecule has 0 amide bonds. The van der Waals surface area contributed by atoms with Crippen LogP contribution in [-0.2, 0) is 4.74 Å². The van der Waals surface area contributed by atoms with E-state index >= 15 is 0 Å². The quantitative estimate of drug-likeness (QED) is 0.548. The van der Waals surface area contributed by atoms with E-state index < -0.39 is 0 Å². The smallest absolute Gasteiger partial charge is 0.191 e. The molecule has 0 aliphatic carbocycles. The SMILES string of the molecule is CCNC(=NCC(c1cccc(Cl)c1)N1CCCC1)NC(C)COC. The standard InChI is InChI=1S/C19H31ClN4O/c1-4-21-19(23-15(2)14-25-3)22-13-18(24-10-5-6-11-24)16-8-7-9-17(20)12-16/h7-9,12,15,18H,4-6,10-11,13-14H2,1-3H3,(H2,21,22,23). The normalized spacial score (nSPS) is 18.2. The number of hydrogen-bond acceptors (Lipinski definition) is 3. The lowest BCUT2D eigenvalue weighted by Crippen LogP contribution is -2.44. The molecule has 0 aromatic heterocycles. The Balaban J connectivity index is 2.13. The summed E-state index contributed by atoms with van der Waals surface area (Å²) in [5.74, 6) is 0.832. The molecule has 0 saturated carbocycles. The monoisotopic (exact) mass is 366 g/mol. The van der Waals surface area contributed by atoms with E-state index in [-0.39, 0.29) is 12.1 Å². The first kappa shape index (κ1) is 20.0. The van der Waals surface area contributed by atoms with E-state index in [9.17, 15) is 0 Å². The molecule has 0 radical (unpaired) electrons. The Morgan fingerprint density at radius 1 is 1.36 bits per heavy atom. The van der Waals surface area contributed by atoms with Crippen LogP contribution in [0.2, 0.25) is 5.02 Å². The van der Waals surface area contributed by atoms with Crippen LogP contribution >= 0.6 is 11.6 Å². The Morgan fingerprint density at radius 2 is 2.12 bits per heavy atom. The summed E-state index contributed by atoms with van der Waals surface area (Å²) in [6, 6.07) is 8.63. The zero-order valence-corrected chi connectivity index (χ0v) is 16.4. The molecule has 140 valence electrons. The number of nitrogens with zero attached hydrogens (tertiary/aromatic N) is 2. The van der Waals surface area contributed by atoms with Crippen LogP contribution in [0.5, 0.6) is 0 Å². The van der Waals surface area contributed by atoms with Crippen molar-refractivity contribution in [2.24, 2.45) is 4.99 Å². The van der Waals surface area contributed by atoms with Crippen molar-refractivity contribution in [3.8, 4) is 0 Å². The molecule has 2 unspecified atom stereocenters. The second-order valence-corrected chi connectivity index (χ2v) is 6.97. The van der Waals surface area contributed by atoms with Gasteiger partial charge < -0.3 is 15.4 Å². The summed E-state index contributed by atoms with van der Waals surface area (Å²) in [5, 5.41) is 7.50. The summed E-state index contributed by atoms with van der Waals surface area (Å²) in [7, 11) is 1.71. The predicted octanol–water partition coefficient (Wildman–Crippen LogP) is 3.07. The van der Waals surface area contributed by atoms with Gasteiger partial charge in [0, 0.05) is 24.7 Å². The second-order valence-electron chi connectivity index (χ2n) is 6.53. The van der Waals surface area contributed by atoms with Crippen LogP contribution in [0.25, 0.3) is 0 Å². The van der Waals surface area contributed by atoms with Gasteiger partial charge in [-0.15, -0.1) is 0 Å². The lowest BCUT2D eigenvalue weighted by molar-refractivity contribution is 0.179. The fraction of sp³-hybridized carbons (Fsp3) is 0.632. The third-order valence-electron chi connectivity index (χ3n) is 4.38. The van der Waals surface area contributed by atoms with Crippen LogP contribution in [-0.4, -0.2) is 56.8 Å². The van der Waals surface area contributed by atoms with Crippen LogP contribution in [0.4, 0.5) is 0 Å². The largest absolute Gasteiger partial charge is 0.383 e. The molecule has 1 heterocycles. The molecule has 1 aliphatic rings. The summed E-state index contributed by atoms with van der Waals surface area (Å²) in [6.45, 7) is 8.59. The Bertz CT molecular complexity index is 546. The predicted molar refractivity (Wildman–Crippen MR) is 105 cm³/mol. The van der Waals surface area contributed by atoms with Gasteiger partial charge in [-0.25, -0.2) is 0 Å². The number of methoxy groups -OCH3 is 1. The van der Waals surface area contributed by atoms with Crippen molar-refractivity contribution >= 4 is 17.6 Å². The van der Waals surface area contributed by atoms with Gasteiger partial charge in [-0.1, -0.05) is 23.7 Å². The van der Waals surface area contributed by atoms with Crippen LogP contribution < -0.4 is 10.6 Å². The number of benzene rings is 1.